The molecule has 1 fully saturated rings. The summed E-state index contributed by atoms with van der Waals surface area (Å²) in [7, 11) is 0. The van der Waals surface area contributed by atoms with Crippen molar-refractivity contribution in [1.82, 2.24) is 10.2 Å². The molecule has 0 spiro atoms. The van der Waals surface area contributed by atoms with Crippen LogP contribution >= 0.6 is 0 Å². The lowest BCUT2D eigenvalue weighted by Crippen LogP contribution is -2.07. The molecule has 2 rings (SSSR count). The SMILES string of the molecule is CC(C(=O)O)c1cc(C2CC2)[nH]n1. The largest absolute Gasteiger partial charge is 0.481 e. The van der Waals surface area contributed by atoms with Crippen LogP contribution < -0.4 is 0 Å². The second-order valence-electron chi connectivity index (χ2n) is 3.58. The molecule has 1 aromatic rings. The number of rotatable bonds is 3. The maximum absolute atomic E-state index is 10.6. The third kappa shape index (κ3) is 1.56. The van der Waals surface area contributed by atoms with Gasteiger partial charge in [-0.1, -0.05) is 0 Å². The van der Waals surface area contributed by atoms with E-state index in [1.54, 1.807) is 6.92 Å². The number of aromatic amines is 1. The van der Waals surface area contributed by atoms with Crippen LogP contribution in [0.5, 0.6) is 0 Å². The van der Waals surface area contributed by atoms with Gasteiger partial charge in [-0.2, -0.15) is 5.10 Å². The van der Waals surface area contributed by atoms with Crippen molar-refractivity contribution >= 4 is 5.97 Å². The van der Waals surface area contributed by atoms with Crippen LogP contribution in [0.1, 0.15) is 43.0 Å². The van der Waals surface area contributed by atoms with Crippen LogP contribution in [-0.2, 0) is 4.79 Å². The van der Waals surface area contributed by atoms with Crippen LogP contribution in [0.3, 0.4) is 0 Å². The molecular formula is C9H12N2O2. The summed E-state index contributed by atoms with van der Waals surface area (Å²) in [6.07, 6.45) is 2.40. The summed E-state index contributed by atoms with van der Waals surface area (Å²) >= 11 is 0. The molecule has 2 N–H and O–H groups in total. The summed E-state index contributed by atoms with van der Waals surface area (Å²) in [5.41, 5.74) is 1.72. The third-order valence-electron chi connectivity index (χ3n) is 2.45. The highest BCUT2D eigenvalue weighted by Gasteiger charge is 2.27. The number of H-pyrrole nitrogens is 1. The van der Waals surface area contributed by atoms with E-state index in [1.165, 1.54) is 12.8 Å². The van der Waals surface area contributed by atoms with Gasteiger partial charge in [0.05, 0.1) is 11.6 Å². The molecule has 1 aliphatic carbocycles. The van der Waals surface area contributed by atoms with Crippen LogP contribution in [0.4, 0.5) is 0 Å². The first kappa shape index (κ1) is 8.29. The topological polar surface area (TPSA) is 66.0 Å². The molecule has 0 saturated heterocycles. The smallest absolute Gasteiger partial charge is 0.312 e. The molecule has 0 aromatic carbocycles. The molecule has 1 atom stereocenters. The van der Waals surface area contributed by atoms with Crippen molar-refractivity contribution in [3.05, 3.63) is 17.5 Å². The zero-order valence-electron chi connectivity index (χ0n) is 7.45. The lowest BCUT2D eigenvalue weighted by Gasteiger charge is -1.98. The highest BCUT2D eigenvalue weighted by molar-refractivity contribution is 5.74. The molecular weight excluding hydrogens is 168 g/mol. The Morgan fingerprint density at radius 1 is 1.77 bits per heavy atom. The number of aliphatic carboxylic acids is 1. The van der Waals surface area contributed by atoms with E-state index < -0.39 is 11.9 Å². The Labute approximate surface area is 76.0 Å². The molecule has 4 nitrogen and oxygen atoms in total. The van der Waals surface area contributed by atoms with Crippen LogP contribution in [0.15, 0.2) is 6.07 Å². The van der Waals surface area contributed by atoms with E-state index >= 15 is 0 Å². The standard InChI is InChI=1S/C9H12N2O2/c1-5(9(12)13)7-4-8(11-10-7)6-2-3-6/h4-6H,2-3H2,1H3,(H,10,11)(H,12,13). The molecule has 1 heterocycles. The number of carboxylic acids is 1. The number of nitrogens with zero attached hydrogens (tertiary/aromatic N) is 1. The second kappa shape index (κ2) is 2.87. The minimum absolute atomic E-state index is 0.510. The first-order valence-electron chi connectivity index (χ1n) is 4.46. The molecule has 0 amide bonds. The Morgan fingerprint density at radius 2 is 2.46 bits per heavy atom. The molecule has 1 unspecified atom stereocenters. The van der Waals surface area contributed by atoms with E-state index in [0.29, 0.717) is 11.6 Å². The van der Waals surface area contributed by atoms with Gasteiger partial charge in [-0.15, -0.1) is 0 Å². The number of aromatic nitrogens is 2. The Bertz CT molecular complexity index is 328. The fraction of sp³-hybridized carbons (Fsp3) is 0.556. The summed E-state index contributed by atoms with van der Waals surface area (Å²) in [5, 5.41) is 15.6. The molecule has 1 aromatic heterocycles. The van der Waals surface area contributed by atoms with E-state index in [4.69, 9.17) is 5.11 Å². The van der Waals surface area contributed by atoms with Crippen LogP contribution in [0.2, 0.25) is 0 Å². The quantitative estimate of drug-likeness (QED) is 0.740. The highest BCUT2D eigenvalue weighted by atomic mass is 16.4. The van der Waals surface area contributed by atoms with E-state index in [1.807, 2.05) is 6.07 Å². The third-order valence-corrected chi connectivity index (χ3v) is 2.45. The maximum Gasteiger partial charge on any atom is 0.312 e. The summed E-state index contributed by atoms with van der Waals surface area (Å²) in [4.78, 5) is 10.6. The van der Waals surface area contributed by atoms with Crippen molar-refractivity contribution in [2.45, 2.75) is 31.6 Å². The average molecular weight is 180 g/mol. The van der Waals surface area contributed by atoms with Gasteiger partial charge < -0.3 is 5.11 Å². The number of hydrogen-bond donors (Lipinski definition) is 2. The van der Waals surface area contributed by atoms with Gasteiger partial charge in [0.25, 0.3) is 0 Å². The fourth-order valence-corrected chi connectivity index (χ4v) is 1.30. The second-order valence-corrected chi connectivity index (χ2v) is 3.58. The minimum Gasteiger partial charge on any atom is -0.481 e. The summed E-state index contributed by atoms with van der Waals surface area (Å²) in [6.45, 7) is 1.65. The summed E-state index contributed by atoms with van der Waals surface area (Å²) in [5.74, 6) is -0.736. The number of carboxylic acid groups (broad SMARTS) is 1. The Balaban J connectivity index is 2.16. The van der Waals surface area contributed by atoms with Crippen LogP contribution in [0, 0.1) is 0 Å². The van der Waals surface area contributed by atoms with Crippen molar-refractivity contribution in [3.8, 4) is 0 Å². The average Bonchev–Trinajstić information content (AvgIpc) is 2.83. The predicted molar refractivity (Wildman–Crippen MR) is 46.6 cm³/mol. The zero-order chi connectivity index (χ0) is 9.42. The first-order chi connectivity index (χ1) is 6.18. The lowest BCUT2D eigenvalue weighted by atomic mass is 10.1. The Hall–Kier alpha value is -1.32. The predicted octanol–water partition coefficient (Wildman–Crippen LogP) is 1.48. The van der Waals surface area contributed by atoms with Crippen molar-refractivity contribution in [2.24, 2.45) is 0 Å². The molecule has 0 bridgehead atoms. The van der Waals surface area contributed by atoms with Crippen molar-refractivity contribution in [1.29, 1.82) is 0 Å². The Kier molecular flexibility index (Phi) is 1.83. The highest BCUT2D eigenvalue weighted by Crippen LogP contribution is 2.39. The van der Waals surface area contributed by atoms with Gasteiger partial charge in [0.2, 0.25) is 0 Å². The summed E-state index contributed by atoms with van der Waals surface area (Å²) in [6, 6.07) is 1.87. The summed E-state index contributed by atoms with van der Waals surface area (Å²) < 4.78 is 0. The molecule has 13 heavy (non-hydrogen) atoms. The van der Waals surface area contributed by atoms with Gasteiger partial charge in [0, 0.05) is 11.6 Å². The van der Waals surface area contributed by atoms with Crippen molar-refractivity contribution < 1.29 is 9.90 Å². The van der Waals surface area contributed by atoms with Gasteiger partial charge in [-0.05, 0) is 25.8 Å². The number of hydrogen-bond acceptors (Lipinski definition) is 2. The van der Waals surface area contributed by atoms with Crippen LogP contribution in [0.25, 0.3) is 0 Å². The fourth-order valence-electron chi connectivity index (χ4n) is 1.30. The van der Waals surface area contributed by atoms with E-state index in [0.717, 1.165) is 5.69 Å². The normalized spacial score (nSPS) is 18.5. The minimum atomic E-state index is -0.825. The molecule has 0 aliphatic heterocycles. The van der Waals surface area contributed by atoms with Gasteiger partial charge in [0.15, 0.2) is 0 Å². The monoisotopic (exact) mass is 180 g/mol. The van der Waals surface area contributed by atoms with Crippen molar-refractivity contribution in [3.63, 3.8) is 0 Å². The number of carbonyl (C=O) groups is 1. The Morgan fingerprint density at radius 3 is 3.00 bits per heavy atom. The van der Waals surface area contributed by atoms with Crippen LogP contribution in [-0.4, -0.2) is 21.3 Å². The van der Waals surface area contributed by atoms with Gasteiger partial charge in [0.1, 0.15) is 0 Å². The molecule has 70 valence electrons. The maximum atomic E-state index is 10.6. The molecule has 1 aliphatic rings. The molecule has 1 saturated carbocycles. The van der Waals surface area contributed by atoms with Gasteiger partial charge in [-0.25, -0.2) is 0 Å². The molecule has 0 radical (unpaired) electrons. The zero-order valence-corrected chi connectivity index (χ0v) is 7.45. The van der Waals surface area contributed by atoms with E-state index in [9.17, 15) is 4.79 Å². The molecule has 4 heteroatoms. The number of nitrogens with one attached hydrogen (secondary N) is 1. The van der Waals surface area contributed by atoms with E-state index in [2.05, 4.69) is 10.2 Å². The van der Waals surface area contributed by atoms with E-state index in [-0.39, 0.29) is 0 Å². The van der Waals surface area contributed by atoms with Crippen molar-refractivity contribution in [2.75, 3.05) is 0 Å². The first-order valence-corrected chi connectivity index (χ1v) is 4.46. The van der Waals surface area contributed by atoms with Gasteiger partial charge >= 0.3 is 5.97 Å². The van der Waals surface area contributed by atoms with Gasteiger partial charge in [-0.3, -0.25) is 9.89 Å². The lowest BCUT2D eigenvalue weighted by molar-refractivity contribution is -0.138.